The SMILES string of the molecule is CCOC(=O)c1scc2c1CCC(NC(=O)OC(C)(C)C)C2. The Morgan fingerprint density at radius 3 is 2.77 bits per heavy atom. The Balaban J connectivity index is 1.98. The van der Waals surface area contributed by atoms with E-state index in [4.69, 9.17) is 9.47 Å². The third-order valence-corrected chi connectivity index (χ3v) is 4.42. The van der Waals surface area contributed by atoms with Crippen molar-refractivity contribution >= 4 is 23.4 Å². The zero-order valence-corrected chi connectivity index (χ0v) is 14.3. The molecule has 1 N–H and O–H groups in total. The molecular formula is C16H23NO4S. The fourth-order valence-electron chi connectivity index (χ4n) is 2.52. The molecule has 22 heavy (non-hydrogen) atoms. The molecule has 0 bridgehead atoms. The molecule has 1 aromatic rings. The molecule has 1 unspecified atom stereocenters. The molecule has 0 fully saturated rings. The average molecular weight is 325 g/mol. The summed E-state index contributed by atoms with van der Waals surface area (Å²) in [6.07, 6.45) is 1.91. The summed E-state index contributed by atoms with van der Waals surface area (Å²) < 4.78 is 10.4. The van der Waals surface area contributed by atoms with Gasteiger partial charge in [0.05, 0.1) is 6.61 Å². The van der Waals surface area contributed by atoms with E-state index in [1.807, 2.05) is 26.2 Å². The predicted molar refractivity (Wildman–Crippen MR) is 85.5 cm³/mol. The van der Waals surface area contributed by atoms with Gasteiger partial charge in [-0.05, 0) is 63.5 Å². The molecule has 2 rings (SSSR count). The van der Waals surface area contributed by atoms with Gasteiger partial charge in [-0.15, -0.1) is 11.3 Å². The van der Waals surface area contributed by atoms with Crippen LogP contribution in [0.25, 0.3) is 0 Å². The van der Waals surface area contributed by atoms with Crippen LogP contribution >= 0.6 is 11.3 Å². The minimum atomic E-state index is -0.497. The van der Waals surface area contributed by atoms with Crippen molar-refractivity contribution in [3.63, 3.8) is 0 Å². The zero-order valence-electron chi connectivity index (χ0n) is 13.5. The molecule has 1 aromatic heterocycles. The minimum absolute atomic E-state index is 0.0481. The van der Waals surface area contributed by atoms with E-state index in [1.54, 1.807) is 6.92 Å². The number of fused-ring (bicyclic) bond motifs is 1. The summed E-state index contributed by atoms with van der Waals surface area (Å²) in [5, 5.41) is 4.90. The monoisotopic (exact) mass is 325 g/mol. The number of carbonyl (C=O) groups is 2. The summed E-state index contributed by atoms with van der Waals surface area (Å²) in [7, 11) is 0. The first kappa shape index (κ1) is 16.8. The standard InChI is InChI=1S/C16H23NO4S/c1-5-20-14(18)13-12-7-6-11(8-10(12)9-22-13)17-15(19)21-16(2,3)4/h9,11H,5-8H2,1-4H3,(H,17,19). The molecule has 0 saturated carbocycles. The molecule has 1 heterocycles. The van der Waals surface area contributed by atoms with E-state index < -0.39 is 5.60 Å². The average Bonchev–Trinajstić information content (AvgIpc) is 2.79. The van der Waals surface area contributed by atoms with Crippen LogP contribution < -0.4 is 5.32 Å². The number of alkyl carbamates (subject to hydrolysis) is 1. The molecule has 0 aliphatic heterocycles. The predicted octanol–water partition coefficient (Wildman–Crippen LogP) is 3.31. The first-order chi connectivity index (χ1) is 10.3. The Morgan fingerprint density at radius 2 is 2.14 bits per heavy atom. The summed E-state index contributed by atoms with van der Waals surface area (Å²) in [4.78, 5) is 24.4. The van der Waals surface area contributed by atoms with E-state index in [1.165, 1.54) is 11.3 Å². The number of rotatable bonds is 3. The highest BCUT2D eigenvalue weighted by molar-refractivity contribution is 7.12. The van der Waals surface area contributed by atoms with Crippen molar-refractivity contribution in [1.29, 1.82) is 0 Å². The maximum Gasteiger partial charge on any atom is 0.407 e. The van der Waals surface area contributed by atoms with Crippen molar-refractivity contribution in [2.24, 2.45) is 0 Å². The number of amides is 1. The van der Waals surface area contributed by atoms with Gasteiger partial charge in [-0.25, -0.2) is 9.59 Å². The van der Waals surface area contributed by atoms with Gasteiger partial charge in [-0.3, -0.25) is 0 Å². The topological polar surface area (TPSA) is 64.6 Å². The Bertz CT molecular complexity index is 559. The zero-order chi connectivity index (χ0) is 16.3. The fraction of sp³-hybridized carbons (Fsp3) is 0.625. The van der Waals surface area contributed by atoms with E-state index in [2.05, 4.69) is 5.32 Å². The Morgan fingerprint density at radius 1 is 1.41 bits per heavy atom. The summed E-state index contributed by atoms with van der Waals surface area (Å²) in [5.41, 5.74) is 1.70. The molecule has 0 radical (unpaired) electrons. The van der Waals surface area contributed by atoms with Crippen molar-refractivity contribution in [2.45, 2.75) is 58.6 Å². The van der Waals surface area contributed by atoms with Crippen LogP contribution in [-0.4, -0.2) is 30.3 Å². The number of hydrogen-bond donors (Lipinski definition) is 1. The second kappa shape index (κ2) is 6.69. The van der Waals surface area contributed by atoms with Gasteiger partial charge in [0.1, 0.15) is 10.5 Å². The molecule has 1 atom stereocenters. The highest BCUT2D eigenvalue weighted by atomic mass is 32.1. The number of hydrogen-bond acceptors (Lipinski definition) is 5. The highest BCUT2D eigenvalue weighted by Gasteiger charge is 2.27. The number of carbonyl (C=O) groups excluding carboxylic acids is 2. The number of ether oxygens (including phenoxy) is 2. The van der Waals surface area contributed by atoms with Crippen LogP contribution in [0.5, 0.6) is 0 Å². The Kier molecular flexibility index (Phi) is 5.11. The largest absolute Gasteiger partial charge is 0.462 e. The van der Waals surface area contributed by atoms with E-state index in [0.29, 0.717) is 11.5 Å². The molecule has 6 heteroatoms. The highest BCUT2D eigenvalue weighted by Crippen LogP contribution is 2.30. The van der Waals surface area contributed by atoms with Crippen molar-refractivity contribution in [1.82, 2.24) is 5.32 Å². The molecule has 1 amide bonds. The van der Waals surface area contributed by atoms with Gasteiger partial charge in [0.25, 0.3) is 0 Å². The number of thiophene rings is 1. The first-order valence-corrected chi connectivity index (χ1v) is 8.44. The quantitative estimate of drug-likeness (QED) is 0.866. The molecule has 0 spiro atoms. The van der Waals surface area contributed by atoms with Crippen LogP contribution in [0.15, 0.2) is 5.38 Å². The lowest BCUT2D eigenvalue weighted by Crippen LogP contribution is -2.41. The summed E-state index contributed by atoms with van der Waals surface area (Å²) in [6.45, 7) is 7.72. The lowest BCUT2D eigenvalue weighted by molar-refractivity contribution is 0.0493. The molecular weight excluding hydrogens is 302 g/mol. The van der Waals surface area contributed by atoms with Crippen molar-refractivity contribution < 1.29 is 19.1 Å². The maximum absolute atomic E-state index is 11.9. The van der Waals surface area contributed by atoms with Crippen molar-refractivity contribution in [3.05, 3.63) is 21.4 Å². The normalized spacial score (nSPS) is 17.5. The van der Waals surface area contributed by atoms with E-state index >= 15 is 0 Å². The summed E-state index contributed by atoms with van der Waals surface area (Å²) in [6, 6.07) is 0.0481. The first-order valence-electron chi connectivity index (χ1n) is 7.56. The van der Waals surface area contributed by atoms with Gasteiger partial charge >= 0.3 is 12.1 Å². The fourth-order valence-corrected chi connectivity index (χ4v) is 3.54. The maximum atomic E-state index is 11.9. The smallest absolute Gasteiger partial charge is 0.407 e. The van der Waals surface area contributed by atoms with Crippen LogP contribution in [0.4, 0.5) is 4.79 Å². The van der Waals surface area contributed by atoms with Crippen LogP contribution in [0.3, 0.4) is 0 Å². The molecule has 1 aliphatic carbocycles. The second-order valence-electron chi connectivity index (χ2n) is 6.38. The third-order valence-electron chi connectivity index (χ3n) is 3.37. The van der Waals surface area contributed by atoms with Gasteiger partial charge in [0.15, 0.2) is 0 Å². The van der Waals surface area contributed by atoms with E-state index in [0.717, 1.165) is 30.4 Å². The minimum Gasteiger partial charge on any atom is -0.462 e. The van der Waals surface area contributed by atoms with Crippen molar-refractivity contribution in [2.75, 3.05) is 6.61 Å². The lowest BCUT2D eigenvalue weighted by atomic mass is 9.90. The van der Waals surface area contributed by atoms with Crippen molar-refractivity contribution in [3.8, 4) is 0 Å². The molecule has 0 aromatic carbocycles. The number of esters is 1. The lowest BCUT2D eigenvalue weighted by Gasteiger charge is -2.26. The summed E-state index contributed by atoms with van der Waals surface area (Å²) >= 11 is 1.43. The van der Waals surface area contributed by atoms with Crippen LogP contribution in [0, 0.1) is 0 Å². The summed E-state index contributed by atoms with van der Waals surface area (Å²) in [5.74, 6) is -0.243. The third kappa shape index (κ3) is 4.22. The molecule has 5 nitrogen and oxygen atoms in total. The molecule has 0 saturated heterocycles. The van der Waals surface area contributed by atoms with E-state index in [9.17, 15) is 9.59 Å². The Hall–Kier alpha value is -1.56. The Labute approximate surface area is 135 Å². The molecule has 122 valence electrons. The number of nitrogens with one attached hydrogen (secondary N) is 1. The van der Waals surface area contributed by atoms with E-state index in [-0.39, 0.29) is 18.1 Å². The van der Waals surface area contributed by atoms with Gasteiger partial charge < -0.3 is 14.8 Å². The molecule has 1 aliphatic rings. The van der Waals surface area contributed by atoms with Gasteiger partial charge in [0, 0.05) is 6.04 Å². The second-order valence-corrected chi connectivity index (χ2v) is 7.25. The van der Waals surface area contributed by atoms with Gasteiger partial charge in [0.2, 0.25) is 0 Å². The van der Waals surface area contributed by atoms with Gasteiger partial charge in [-0.1, -0.05) is 0 Å². The van der Waals surface area contributed by atoms with Crippen LogP contribution in [-0.2, 0) is 22.3 Å². The van der Waals surface area contributed by atoms with Crippen LogP contribution in [0.1, 0.15) is 54.9 Å². The van der Waals surface area contributed by atoms with Crippen LogP contribution in [0.2, 0.25) is 0 Å². The van der Waals surface area contributed by atoms with Gasteiger partial charge in [-0.2, -0.15) is 0 Å².